The third kappa shape index (κ3) is 84.4. The Morgan fingerprint density at radius 2 is 1.17 bits per heavy atom. The van der Waals surface area contributed by atoms with Crippen molar-refractivity contribution in [2.75, 3.05) is 0 Å². The van der Waals surface area contributed by atoms with E-state index in [9.17, 15) is 0 Å². The van der Waals surface area contributed by atoms with E-state index in [2.05, 4.69) is 36.7 Å². The predicted molar refractivity (Wildman–Crippen MR) is 39.0 cm³/mol. The number of alkyl halides is 1. The van der Waals surface area contributed by atoms with E-state index >= 15 is 0 Å². The summed E-state index contributed by atoms with van der Waals surface area (Å²) in [5, 5.41) is 0. The Morgan fingerprint density at radius 1 is 1.17 bits per heavy atom. The fourth-order valence-corrected chi connectivity index (χ4v) is 0. The molecule has 0 aromatic rings. The summed E-state index contributed by atoms with van der Waals surface area (Å²) >= 11 is 3.38. The molecule has 0 radical (unpaired) electrons. The van der Waals surface area contributed by atoms with Crippen LogP contribution in [0.25, 0.3) is 0 Å². The molecule has 0 amide bonds. The second-order valence-corrected chi connectivity index (χ2v) is 4.45. The highest BCUT2D eigenvalue weighted by molar-refractivity contribution is 9.10. The average Bonchev–Trinajstić information content (AvgIpc) is 0.722. The monoisotopic (exact) mass is 216 g/mol. The quantitative estimate of drug-likeness (QED) is 0.548. The number of hydrogen-bond acceptors (Lipinski definition) is 0. The van der Waals surface area contributed by atoms with Gasteiger partial charge in [-0.2, -0.15) is 0 Å². The molecular weight excluding hydrogens is 208 g/mol. The molecule has 0 fully saturated rings. The summed E-state index contributed by atoms with van der Waals surface area (Å²) in [5.41, 5.74) is 0. The molecule has 6 heavy (non-hydrogen) atoms. The van der Waals surface area contributed by atoms with Gasteiger partial charge in [0.05, 0.1) is 0 Å². The maximum absolute atomic E-state index is 3.38. The van der Waals surface area contributed by atoms with E-state index in [4.69, 9.17) is 0 Å². The molecule has 40 valence electrons. The molecule has 0 aliphatic carbocycles. The molecule has 0 aromatic carbocycles. The van der Waals surface area contributed by atoms with Gasteiger partial charge in [0.15, 0.2) is 0 Å². The minimum atomic E-state index is 0. The van der Waals surface area contributed by atoms with Crippen molar-refractivity contribution in [1.29, 1.82) is 0 Å². The SMILES string of the molecule is Br.CC(C)(C)Br. The Balaban J connectivity index is 0. The molecule has 0 rings (SSSR count). The molecule has 0 heterocycles. The average molecular weight is 218 g/mol. The zero-order valence-corrected chi connectivity index (χ0v) is 7.59. The van der Waals surface area contributed by atoms with E-state index in [0.717, 1.165) is 0 Å². The van der Waals surface area contributed by atoms with Gasteiger partial charge in [0.2, 0.25) is 0 Å². The van der Waals surface area contributed by atoms with E-state index < -0.39 is 0 Å². The second-order valence-electron chi connectivity index (χ2n) is 2.07. The van der Waals surface area contributed by atoms with Crippen LogP contribution < -0.4 is 0 Å². The Kier molecular flexibility index (Phi) is 5.07. The molecule has 0 saturated carbocycles. The van der Waals surface area contributed by atoms with Crippen molar-refractivity contribution in [1.82, 2.24) is 0 Å². The standard InChI is InChI=1S/C4H9Br.BrH/c1-4(2,3)5;/h1-3H3;1H. The molecule has 0 saturated heterocycles. The fourth-order valence-electron chi connectivity index (χ4n) is 0. The molecule has 0 unspecified atom stereocenters. The van der Waals surface area contributed by atoms with E-state index in [0.29, 0.717) is 4.32 Å². The lowest BCUT2D eigenvalue weighted by molar-refractivity contribution is 0.824. The van der Waals surface area contributed by atoms with Gasteiger partial charge in [0, 0.05) is 4.32 Å². The third-order valence-electron chi connectivity index (χ3n) is 0. The lowest BCUT2D eigenvalue weighted by Crippen LogP contribution is -1.97. The van der Waals surface area contributed by atoms with Crippen LogP contribution in [0.2, 0.25) is 0 Å². The summed E-state index contributed by atoms with van der Waals surface area (Å²) in [7, 11) is 0. The van der Waals surface area contributed by atoms with Gasteiger partial charge in [-0.25, -0.2) is 0 Å². The molecule has 0 N–H and O–H groups in total. The first-order valence-electron chi connectivity index (χ1n) is 1.69. The van der Waals surface area contributed by atoms with Gasteiger partial charge in [0.25, 0.3) is 0 Å². The summed E-state index contributed by atoms with van der Waals surface area (Å²) in [6, 6.07) is 0. The number of halogens is 2. The van der Waals surface area contributed by atoms with Gasteiger partial charge >= 0.3 is 0 Å². The highest BCUT2D eigenvalue weighted by Gasteiger charge is 1.98. The first kappa shape index (κ1) is 10.0. The molecular formula is C4H10Br2. The van der Waals surface area contributed by atoms with Crippen LogP contribution in [0, 0.1) is 0 Å². The summed E-state index contributed by atoms with van der Waals surface area (Å²) in [4.78, 5) is 0. The molecule has 0 atom stereocenters. The largest absolute Gasteiger partial charge is 0.114 e. The minimum Gasteiger partial charge on any atom is -0.114 e. The van der Waals surface area contributed by atoms with Crippen LogP contribution in [0.15, 0.2) is 0 Å². The molecule has 0 bridgehead atoms. The fraction of sp³-hybridized carbons (Fsp3) is 1.00. The number of hydrogen-bond donors (Lipinski definition) is 0. The van der Waals surface area contributed by atoms with Crippen molar-refractivity contribution >= 4 is 32.9 Å². The summed E-state index contributed by atoms with van der Waals surface area (Å²) in [6.07, 6.45) is 0. The Morgan fingerprint density at radius 3 is 1.17 bits per heavy atom. The normalized spacial score (nSPS) is 10.0. The highest BCUT2D eigenvalue weighted by Crippen LogP contribution is 2.11. The van der Waals surface area contributed by atoms with Gasteiger partial charge in [-0.1, -0.05) is 36.7 Å². The van der Waals surface area contributed by atoms with Crippen LogP contribution in [0.5, 0.6) is 0 Å². The summed E-state index contributed by atoms with van der Waals surface area (Å²) in [5.74, 6) is 0. The van der Waals surface area contributed by atoms with Gasteiger partial charge in [-0.3, -0.25) is 0 Å². The molecule has 0 aromatic heterocycles. The molecule has 0 nitrogen and oxygen atoms in total. The van der Waals surface area contributed by atoms with Crippen LogP contribution >= 0.6 is 32.9 Å². The summed E-state index contributed by atoms with van der Waals surface area (Å²) in [6.45, 7) is 6.31. The van der Waals surface area contributed by atoms with Gasteiger partial charge in [0.1, 0.15) is 0 Å². The second kappa shape index (κ2) is 3.03. The van der Waals surface area contributed by atoms with Crippen LogP contribution in [-0.2, 0) is 0 Å². The molecule has 0 aliphatic heterocycles. The van der Waals surface area contributed by atoms with Crippen molar-refractivity contribution in [2.24, 2.45) is 0 Å². The topological polar surface area (TPSA) is 0 Å². The lowest BCUT2D eigenvalue weighted by atomic mass is 10.3. The maximum Gasteiger partial charge on any atom is 0.0173 e. The van der Waals surface area contributed by atoms with Crippen molar-refractivity contribution in [3.8, 4) is 0 Å². The lowest BCUT2D eigenvalue weighted by Gasteiger charge is -2.02. The van der Waals surface area contributed by atoms with Crippen molar-refractivity contribution in [3.63, 3.8) is 0 Å². The van der Waals surface area contributed by atoms with E-state index in [1.54, 1.807) is 0 Å². The van der Waals surface area contributed by atoms with Crippen molar-refractivity contribution < 1.29 is 0 Å². The van der Waals surface area contributed by atoms with Gasteiger partial charge < -0.3 is 0 Å². The first-order valence-corrected chi connectivity index (χ1v) is 2.48. The van der Waals surface area contributed by atoms with E-state index in [-0.39, 0.29) is 17.0 Å². The smallest absolute Gasteiger partial charge is 0.0173 e. The van der Waals surface area contributed by atoms with Crippen LogP contribution in [0.4, 0.5) is 0 Å². The van der Waals surface area contributed by atoms with Crippen molar-refractivity contribution in [3.05, 3.63) is 0 Å². The van der Waals surface area contributed by atoms with E-state index in [1.807, 2.05) is 0 Å². The van der Waals surface area contributed by atoms with Gasteiger partial charge in [-0.05, 0) is 0 Å². The predicted octanol–water partition coefficient (Wildman–Crippen LogP) is 2.76. The Hall–Kier alpha value is 0.960. The first-order chi connectivity index (χ1) is 2.00. The molecule has 2 heteroatoms. The number of rotatable bonds is 0. The van der Waals surface area contributed by atoms with E-state index in [1.165, 1.54) is 0 Å². The Labute approximate surface area is 58.2 Å². The van der Waals surface area contributed by atoms with Crippen molar-refractivity contribution in [2.45, 2.75) is 25.1 Å². The minimum absolute atomic E-state index is 0. The van der Waals surface area contributed by atoms with Gasteiger partial charge in [-0.15, -0.1) is 17.0 Å². The zero-order chi connectivity index (χ0) is 4.50. The molecule has 0 spiro atoms. The molecule has 0 aliphatic rings. The van der Waals surface area contributed by atoms with Crippen LogP contribution in [-0.4, -0.2) is 4.32 Å². The van der Waals surface area contributed by atoms with Crippen LogP contribution in [0.1, 0.15) is 20.8 Å². The van der Waals surface area contributed by atoms with Crippen LogP contribution in [0.3, 0.4) is 0 Å². The summed E-state index contributed by atoms with van der Waals surface area (Å²) < 4.78 is 0.312. The third-order valence-corrected chi connectivity index (χ3v) is 0. The Bertz CT molecular complexity index is 21.0. The highest BCUT2D eigenvalue weighted by atomic mass is 79.9. The maximum atomic E-state index is 3.38. The zero-order valence-electron chi connectivity index (χ0n) is 4.29.